The molecule has 2 aromatic carbocycles. The van der Waals surface area contributed by atoms with Crippen molar-refractivity contribution in [3.63, 3.8) is 0 Å². The van der Waals surface area contributed by atoms with Crippen molar-refractivity contribution in [3.8, 4) is 5.75 Å². The fraction of sp³-hybridized carbons (Fsp3) is 0.0588. The maximum atomic E-state index is 13.2. The molecule has 0 radical (unpaired) electrons. The van der Waals surface area contributed by atoms with Gasteiger partial charge >= 0.3 is 6.03 Å². The molecule has 128 valence electrons. The number of urea groups is 1. The molecule has 1 fully saturated rings. The largest absolute Gasteiger partial charge is 0.486 e. The number of ether oxygens (including phenoxy) is 1. The summed E-state index contributed by atoms with van der Waals surface area (Å²) in [7, 11) is 0. The molecule has 1 heterocycles. The van der Waals surface area contributed by atoms with Gasteiger partial charge in [-0.1, -0.05) is 35.3 Å². The zero-order valence-electron chi connectivity index (χ0n) is 12.6. The number of benzene rings is 2. The van der Waals surface area contributed by atoms with Crippen molar-refractivity contribution >= 4 is 41.2 Å². The second-order valence-corrected chi connectivity index (χ2v) is 6.01. The number of carbonyl (C=O) groups is 2. The fourth-order valence-corrected chi connectivity index (χ4v) is 2.85. The number of amides is 3. The second kappa shape index (κ2) is 7.13. The molecule has 3 amide bonds. The summed E-state index contributed by atoms with van der Waals surface area (Å²) < 4.78 is 18.8. The van der Waals surface area contributed by atoms with Crippen LogP contribution in [-0.2, 0) is 11.4 Å². The molecule has 8 heteroatoms. The van der Waals surface area contributed by atoms with Gasteiger partial charge in [0.2, 0.25) is 0 Å². The minimum Gasteiger partial charge on any atom is -0.486 e. The van der Waals surface area contributed by atoms with E-state index in [1.54, 1.807) is 24.3 Å². The lowest BCUT2D eigenvalue weighted by Crippen LogP contribution is -2.22. The third-order valence-corrected chi connectivity index (χ3v) is 3.89. The van der Waals surface area contributed by atoms with E-state index in [1.807, 2.05) is 0 Å². The smallest absolute Gasteiger partial charge is 0.326 e. The Morgan fingerprint density at radius 3 is 2.40 bits per heavy atom. The topological polar surface area (TPSA) is 67.4 Å². The summed E-state index contributed by atoms with van der Waals surface area (Å²) in [5.41, 5.74) is 1.23. The van der Waals surface area contributed by atoms with Crippen molar-refractivity contribution in [2.45, 2.75) is 6.61 Å². The maximum absolute atomic E-state index is 13.2. The number of hydrogen-bond acceptors (Lipinski definition) is 3. The summed E-state index contributed by atoms with van der Waals surface area (Å²) >= 11 is 12.4. The first-order valence-corrected chi connectivity index (χ1v) is 7.88. The van der Waals surface area contributed by atoms with Crippen molar-refractivity contribution in [2.24, 2.45) is 0 Å². The molecule has 2 aromatic rings. The van der Waals surface area contributed by atoms with E-state index in [-0.39, 0.29) is 33.9 Å². The lowest BCUT2D eigenvalue weighted by molar-refractivity contribution is -0.115. The van der Waals surface area contributed by atoms with Crippen molar-refractivity contribution in [1.29, 1.82) is 0 Å². The van der Waals surface area contributed by atoms with Crippen LogP contribution >= 0.6 is 23.2 Å². The summed E-state index contributed by atoms with van der Waals surface area (Å²) in [5.74, 6) is -0.657. The molecule has 2 N–H and O–H groups in total. The molecular formula is C17H11Cl2FN2O3. The van der Waals surface area contributed by atoms with E-state index in [1.165, 1.54) is 18.2 Å². The summed E-state index contributed by atoms with van der Waals surface area (Å²) in [6.07, 6.45) is 1.44. The highest BCUT2D eigenvalue weighted by Crippen LogP contribution is 2.35. The molecule has 0 bridgehead atoms. The number of rotatable bonds is 4. The van der Waals surface area contributed by atoms with E-state index in [9.17, 15) is 14.0 Å². The first kappa shape index (κ1) is 17.3. The summed E-state index contributed by atoms with van der Waals surface area (Å²) in [6, 6.07) is 8.46. The molecule has 1 saturated heterocycles. The van der Waals surface area contributed by atoms with Crippen LogP contribution in [0.4, 0.5) is 9.18 Å². The van der Waals surface area contributed by atoms with Crippen molar-refractivity contribution in [3.05, 3.63) is 69.1 Å². The van der Waals surface area contributed by atoms with Crippen molar-refractivity contribution in [1.82, 2.24) is 10.6 Å². The molecule has 25 heavy (non-hydrogen) atoms. The van der Waals surface area contributed by atoms with E-state index in [4.69, 9.17) is 27.9 Å². The minimum atomic E-state index is -0.594. The Kier molecular flexibility index (Phi) is 4.92. The molecule has 1 aliphatic rings. The molecule has 0 unspecified atom stereocenters. The van der Waals surface area contributed by atoms with E-state index in [0.29, 0.717) is 11.1 Å². The van der Waals surface area contributed by atoms with Crippen LogP contribution in [-0.4, -0.2) is 11.9 Å². The van der Waals surface area contributed by atoms with Gasteiger partial charge in [0.25, 0.3) is 5.91 Å². The van der Waals surface area contributed by atoms with Gasteiger partial charge in [-0.3, -0.25) is 10.1 Å². The lowest BCUT2D eigenvalue weighted by atomic mass is 10.1. The third kappa shape index (κ3) is 4.10. The zero-order valence-corrected chi connectivity index (χ0v) is 14.1. The predicted octanol–water partition coefficient (Wildman–Crippen LogP) is 3.89. The average molecular weight is 381 g/mol. The molecule has 0 atom stereocenters. The normalized spacial score (nSPS) is 15.2. The quantitative estimate of drug-likeness (QED) is 0.624. The minimum absolute atomic E-state index is 0.0885. The number of hydrogen-bond donors (Lipinski definition) is 2. The molecule has 1 aliphatic heterocycles. The average Bonchev–Trinajstić information content (AvgIpc) is 2.84. The Balaban J connectivity index is 1.80. The van der Waals surface area contributed by atoms with Gasteiger partial charge in [0, 0.05) is 0 Å². The molecular weight excluding hydrogens is 370 g/mol. The molecule has 0 aromatic heterocycles. The van der Waals surface area contributed by atoms with Crippen LogP contribution in [0.1, 0.15) is 11.1 Å². The SMILES string of the molecule is O=C1NC(=O)/C(=C\c2cc(Cl)c(OCc3cccc(F)c3)c(Cl)c2)N1. The van der Waals surface area contributed by atoms with E-state index in [2.05, 4.69) is 10.6 Å². The van der Waals surface area contributed by atoms with Crippen LogP contribution in [0.5, 0.6) is 5.75 Å². The van der Waals surface area contributed by atoms with Gasteiger partial charge in [0.15, 0.2) is 5.75 Å². The van der Waals surface area contributed by atoms with Crippen LogP contribution in [0.2, 0.25) is 10.0 Å². The molecule has 5 nitrogen and oxygen atoms in total. The molecule has 3 rings (SSSR count). The van der Waals surface area contributed by atoms with Gasteiger partial charge in [-0.25, -0.2) is 9.18 Å². The van der Waals surface area contributed by atoms with Crippen molar-refractivity contribution < 1.29 is 18.7 Å². The van der Waals surface area contributed by atoms with Crippen LogP contribution in [0, 0.1) is 5.82 Å². The molecule has 0 spiro atoms. The summed E-state index contributed by atoms with van der Waals surface area (Å²) in [5, 5.41) is 4.90. The van der Waals surface area contributed by atoms with Crippen LogP contribution in [0.3, 0.4) is 0 Å². The van der Waals surface area contributed by atoms with Gasteiger partial charge in [-0.05, 0) is 41.5 Å². The van der Waals surface area contributed by atoms with Gasteiger partial charge < -0.3 is 10.1 Å². The van der Waals surface area contributed by atoms with E-state index >= 15 is 0 Å². The monoisotopic (exact) mass is 380 g/mol. The molecule has 0 aliphatic carbocycles. The Bertz CT molecular complexity index is 876. The van der Waals surface area contributed by atoms with E-state index in [0.717, 1.165) is 0 Å². The van der Waals surface area contributed by atoms with Gasteiger partial charge in [0.1, 0.15) is 18.1 Å². The highest BCUT2D eigenvalue weighted by Gasteiger charge is 2.23. The first-order valence-electron chi connectivity index (χ1n) is 7.12. The Morgan fingerprint density at radius 2 is 1.80 bits per heavy atom. The number of nitrogens with one attached hydrogen (secondary N) is 2. The van der Waals surface area contributed by atoms with Crippen LogP contribution in [0.15, 0.2) is 42.1 Å². The van der Waals surface area contributed by atoms with Gasteiger partial charge in [-0.15, -0.1) is 0 Å². The highest BCUT2D eigenvalue weighted by molar-refractivity contribution is 6.37. The Hall–Kier alpha value is -2.57. The van der Waals surface area contributed by atoms with Crippen molar-refractivity contribution in [2.75, 3.05) is 0 Å². The number of carbonyl (C=O) groups excluding carboxylic acids is 2. The Labute approximate surface area is 152 Å². The highest BCUT2D eigenvalue weighted by atomic mass is 35.5. The second-order valence-electron chi connectivity index (χ2n) is 5.20. The molecule has 0 saturated carbocycles. The lowest BCUT2D eigenvalue weighted by Gasteiger charge is -2.11. The Morgan fingerprint density at radius 1 is 1.08 bits per heavy atom. The van der Waals surface area contributed by atoms with Gasteiger partial charge in [0.05, 0.1) is 10.0 Å². The number of halogens is 3. The van der Waals surface area contributed by atoms with Crippen LogP contribution < -0.4 is 15.4 Å². The third-order valence-electron chi connectivity index (χ3n) is 3.32. The summed E-state index contributed by atoms with van der Waals surface area (Å²) in [4.78, 5) is 22.6. The predicted molar refractivity (Wildman–Crippen MR) is 91.8 cm³/mol. The first-order chi connectivity index (χ1) is 11.9. The van der Waals surface area contributed by atoms with E-state index < -0.39 is 11.9 Å². The number of imide groups is 1. The standard InChI is InChI=1S/C17H11Cl2FN2O3/c18-12-5-10(7-14-16(23)22-17(24)21-14)6-13(19)15(12)25-8-9-2-1-3-11(20)4-9/h1-7H,8H2,(H2,21,22,23,24)/b14-7+. The van der Waals surface area contributed by atoms with Gasteiger partial charge in [-0.2, -0.15) is 0 Å². The van der Waals surface area contributed by atoms with Crippen LogP contribution in [0.25, 0.3) is 6.08 Å². The fourth-order valence-electron chi connectivity index (χ4n) is 2.23. The zero-order chi connectivity index (χ0) is 18.0. The summed E-state index contributed by atoms with van der Waals surface area (Å²) in [6.45, 7) is 0.0934. The maximum Gasteiger partial charge on any atom is 0.326 e.